The van der Waals surface area contributed by atoms with E-state index in [2.05, 4.69) is 24.8 Å². The van der Waals surface area contributed by atoms with Crippen LogP contribution in [0.2, 0.25) is 0 Å². The van der Waals surface area contributed by atoms with Crippen molar-refractivity contribution in [1.82, 2.24) is 14.5 Å². The van der Waals surface area contributed by atoms with Crippen molar-refractivity contribution in [3.8, 4) is 6.07 Å². The van der Waals surface area contributed by atoms with E-state index in [4.69, 9.17) is 9.63 Å². The van der Waals surface area contributed by atoms with Crippen LogP contribution in [0.4, 0.5) is 19.0 Å². The van der Waals surface area contributed by atoms with Crippen molar-refractivity contribution in [2.24, 2.45) is 0 Å². The Labute approximate surface area is 213 Å². The average Bonchev–Trinajstić information content (AvgIpc) is 3.39. The van der Waals surface area contributed by atoms with Crippen LogP contribution < -0.4 is 5.32 Å². The van der Waals surface area contributed by atoms with Crippen molar-refractivity contribution in [3.05, 3.63) is 53.5 Å². The number of anilines is 1. The maximum absolute atomic E-state index is 12.9. The van der Waals surface area contributed by atoms with E-state index in [9.17, 15) is 33.2 Å². The summed E-state index contributed by atoms with van der Waals surface area (Å²) in [6, 6.07) is 7.50. The normalized spacial score (nSPS) is 24.2. The number of ether oxygens (including phenoxy) is 1. The van der Waals surface area contributed by atoms with Crippen LogP contribution in [0.5, 0.6) is 0 Å². The minimum absolute atomic E-state index is 0.168. The van der Waals surface area contributed by atoms with Crippen LogP contribution in [0.1, 0.15) is 36.1 Å². The van der Waals surface area contributed by atoms with E-state index in [-0.39, 0.29) is 17.3 Å². The number of aliphatic hydroxyl groups excluding tert-OH is 2. The van der Waals surface area contributed by atoms with E-state index in [0.717, 1.165) is 18.8 Å². The number of benzene rings is 1. The highest BCUT2D eigenvalue weighted by molar-refractivity contribution is 7.51. The third-order valence-electron chi connectivity index (χ3n) is 5.80. The highest BCUT2D eigenvalue weighted by atomic mass is 31.2. The first kappa shape index (κ1) is 27.9. The Morgan fingerprint density at radius 1 is 1.24 bits per heavy atom. The molecule has 1 aliphatic heterocycles. The fourth-order valence-corrected chi connectivity index (χ4v) is 4.20. The number of hydrogen-bond acceptors (Lipinski definition) is 10. The summed E-state index contributed by atoms with van der Waals surface area (Å²) < 4.78 is 61.3. The monoisotopic (exact) mass is 557 g/mol. The van der Waals surface area contributed by atoms with Crippen LogP contribution in [0.3, 0.4) is 0 Å². The summed E-state index contributed by atoms with van der Waals surface area (Å²) in [6.07, 6.45) is -8.21. The Kier molecular flexibility index (Phi) is 7.78. The molecule has 0 radical (unpaired) electrons. The number of nitrogens with zero attached hydrogens (tertiary/aromatic N) is 4. The Morgan fingerprint density at radius 3 is 2.53 bits per heavy atom. The summed E-state index contributed by atoms with van der Waals surface area (Å²) in [6.45, 7) is 2.13. The first-order valence-corrected chi connectivity index (χ1v) is 13.2. The number of nitriles is 1. The Balaban J connectivity index is 1.59. The van der Waals surface area contributed by atoms with E-state index >= 15 is 0 Å². The molecule has 16 heteroatoms. The third-order valence-corrected chi connectivity index (χ3v) is 6.18. The van der Waals surface area contributed by atoms with Crippen LogP contribution >= 0.6 is 7.60 Å². The summed E-state index contributed by atoms with van der Waals surface area (Å²) >= 11 is 0. The molecule has 3 aromatic rings. The van der Waals surface area contributed by atoms with Gasteiger partial charge in [-0.2, -0.15) is 18.4 Å². The summed E-state index contributed by atoms with van der Waals surface area (Å²) in [5.41, 5.74) is -0.0829. The first-order chi connectivity index (χ1) is 17.8. The largest absolute Gasteiger partial charge is 0.416 e. The molecule has 6 atom stereocenters. The Morgan fingerprint density at radius 2 is 1.92 bits per heavy atom. The number of rotatable bonds is 8. The zero-order valence-corrected chi connectivity index (χ0v) is 20.8. The van der Waals surface area contributed by atoms with E-state index in [0.29, 0.717) is 10.9 Å². The van der Waals surface area contributed by atoms with Gasteiger partial charge in [-0.3, -0.25) is 4.57 Å². The maximum atomic E-state index is 12.9. The summed E-state index contributed by atoms with van der Waals surface area (Å²) in [5.74, 6) is -0.0248. The molecular weight excluding hydrogens is 534 g/mol. The highest BCUT2D eigenvalue weighted by Crippen LogP contribution is 2.38. The van der Waals surface area contributed by atoms with E-state index in [1.165, 1.54) is 22.9 Å². The predicted molar refractivity (Wildman–Crippen MR) is 124 cm³/mol. The quantitative estimate of drug-likeness (QED) is 0.182. The summed E-state index contributed by atoms with van der Waals surface area (Å²) in [7, 11) is -3.94. The third kappa shape index (κ3) is 5.97. The van der Waals surface area contributed by atoms with Crippen LogP contribution in [-0.4, -0.2) is 61.2 Å². The molecule has 12 nitrogen and oxygen atoms in total. The lowest BCUT2D eigenvalue weighted by Gasteiger charge is -2.19. The standard InChI is InChI=1S/C22H23F3N5O7P/c1-11(12-3-5-13(6-4-12)22(23,24)25)27-19-14-7-8-30(20(14)29-16(9-26)28-19)21-18(32)17(31)15(36-21)10-35-37-38(2,33)34/h3-8,11,15,17-18,21,31-32H,10H2,1-2H3,(H,33,34)(H,27,28,29)/t11?,15-,17-,18-,21-/m1/s1. The molecule has 3 heterocycles. The van der Waals surface area contributed by atoms with Gasteiger partial charge in [0.05, 0.1) is 10.9 Å². The molecule has 2 unspecified atom stereocenters. The number of nitrogens with one attached hydrogen (secondary N) is 1. The van der Waals surface area contributed by atoms with Crippen molar-refractivity contribution >= 4 is 24.4 Å². The second-order valence-corrected chi connectivity index (χ2v) is 10.4. The number of alkyl halides is 3. The fraction of sp³-hybridized carbons (Fsp3) is 0.409. The van der Waals surface area contributed by atoms with Crippen LogP contribution in [0, 0.1) is 11.3 Å². The fourth-order valence-electron chi connectivity index (χ4n) is 3.94. The minimum Gasteiger partial charge on any atom is -0.387 e. The van der Waals surface area contributed by atoms with Crippen molar-refractivity contribution in [2.75, 3.05) is 18.6 Å². The molecule has 4 N–H and O–H groups in total. The van der Waals surface area contributed by atoms with Crippen molar-refractivity contribution in [1.29, 1.82) is 5.26 Å². The van der Waals surface area contributed by atoms with Crippen LogP contribution in [0.15, 0.2) is 36.5 Å². The number of hydrogen-bond donors (Lipinski definition) is 4. The van der Waals surface area contributed by atoms with E-state index in [1.807, 2.05) is 6.07 Å². The number of fused-ring (bicyclic) bond motifs is 1. The molecule has 1 fully saturated rings. The van der Waals surface area contributed by atoms with Gasteiger partial charge in [0.2, 0.25) is 5.82 Å². The van der Waals surface area contributed by atoms with Gasteiger partial charge in [-0.05, 0) is 30.7 Å². The Hall–Kier alpha value is -3.09. The van der Waals surface area contributed by atoms with Crippen LogP contribution in [0.25, 0.3) is 11.0 Å². The molecule has 0 saturated carbocycles. The van der Waals surface area contributed by atoms with Gasteiger partial charge in [-0.25, -0.2) is 14.9 Å². The van der Waals surface area contributed by atoms with Gasteiger partial charge in [-0.15, -0.1) is 4.67 Å². The lowest BCUT2D eigenvalue weighted by molar-refractivity contribution is -0.238. The molecule has 1 aliphatic rings. The topological polar surface area (TPSA) is 172 Å². The minimum atomic E-state index is -4.46. The van der Waals surface area contributed by atoms with Gasteiger partial charge in [0.15, 0.2) is 6.23 Å². The van der Waals surface area contributed by atoms with E-state index in [1.54, 1.807) is 13.0 Å². The lowest BCUT2D eigenvalue weighted by atomic mass is 10.1. The Bertz CT molecular complexity index is 1390. The molecule has 0 aliphatic carbocycles. The summed E-state index contributed by atoms with van der Waals surface area (Å²) in [4.78, 5) is 22.2. The lowest BCUT2D eigenvalue weighted by Crippen LogP contribution is -2.33. The molecular formula is C22H23F3N5O7P. The molecule has 0 bridgehead atoms. The summed E-state index contributed by atoms with van der Waals surface area (Å²) in [5, 5.41) is 33.9. The van der Waals surface area contributed by atoms with Gasteiger partial charge in [0.1, 0.15) is 42.5 Å². The number of aromatic nitrogens is 3. The average molecular weight is 557 g/mol. The van der Waals surface area contributed by atoms with Crippen molar-refractivity contribution < 1.29 is 47.1 Å². The number of aliphatic hydroxyl groups is 2. The number of halogens is 3. The molecule has 0 amide bonds. The molecule has 0 spiro atoms. The first-order valence-electron chi connectivity index (χ1n) is 11.1. The smallest absolute Gasteiger partial charge is 0.387 e. The second-order valence-electron chi connectivity index (χ2n) is 8.66. The van der Waals surface area contributed by atoms with Crippen LogP contribution in [-0.2, 0) is 25.0 Å². The molecule has 4 rings (SSSR count). The second kappa shape index (κ2) is 10.6. The van der Waals surface area contributed by atoms with Gasteiger partial charge in [0, 0.05) is 18.9 Å². The molecule has 204 valence electrons. The predicted octanol–water partition coefficient (Wildman–Crippen LogP) is 2.88. The van der Waals surface area contributed by atoms with Gasteiger partial charge in [-0.1, -0.05) is 12.1 Å². The molecule has 1 aromatic carbocycles. The van der Waals surface area contributed by atoms with Gasteiger partial charge in [0.25, 0.3) is 0 Å². The van der Waals surface area contributed by atoms with Crippen molar-refractivity contribution in [2.45, 2.75) is 43.7 Å². The van der Waals surface area contributed by atoms with Gasteiger partial charge < -0.3 is 29.7 Å². The SMILES string of the molecule is CC(Nc1nc(C#N)nc2c1ccn2[C@@H]1O[C@H](COOP(C)(=O)O)[C@@H](O)[C@H]1O)c1ccc(C(F)(F)F)cc1. The zero-order valence-electron chi connectivity index (χ0n) is 19.9. The maximum Gasteiger partial charge on any atom is 0.416 e. The molecule has 2 aromatic heterocycles. The van der Waals surface area contributed by atoms with E-state index < -0.39 is 56.5 Å². The van der Waals surface area contributed by atoms with Crippen molar-refractivity contribution in [3.63, 3.8) is 0 Å². The zero-order chi connectivity index (χ0) is 27.8. The highest BCUT2D eigenvalue weighted by Gasteiger charge is 2.44. The molecule has 38 heavy (non-hydrogen) atoms. The van der Waals surface area contributed by atoms with Gasteiger partial charge >= 0.3 is 13.8 Å². The molecule has 1 saturated heterocycles.